The van der Waals surface area contributed by atoms with E-state index in [0.29, 0.717) is 23.6 Å². The summed E-state index contributed by atoms with van der Waals surface area (Å²) in [6.07, 6.45) is -0.974. The molecule has 2 aliphatic heterocycles. The minimum Gasteiger partial charge on any atom is -0.444 e. The fraction of sp³-hybridized carbons (Fsp3) is 0.667. The lowest BCUT2D eigenvalue weighted by Gasteiger charge is -2.28. The molecular formula is C18H27N5O9S. The zero-order valence-corrected chi connectivity index (χ0v) is 19.4. The Bertz CT molecular complexity index is 1030. The number of aliphatic hydroxyl groups is 1. The lowest BCUT2D eigenvalue weighted by atomic mass is 9.98. The van der Waals surface area contributed by atoms with Crippen molar-refractivity contribution in [1.82, 2.24) is 20.4 Å². The second-order valence-corrected chi connectivity index (χ2v) is 9.74. The highest BCUT2D eigenvalue weighted by Crippen LogP contribution is 2.38. The standard InChI is InChI=1S/C18H27N5O9S/c1-10(20-16(25)30-18(2,3)4)19-8-14(24)15-7-12(21-31-15)13-6-5-11-9-22(13)17(26)23(11)32-33(27,28)29/h7,11,13-14,24H,5-6,8-9H2,1-4H3,(H,19,20,25)(H,27,28,29)/t11-,13+,14+/m1/s1. The summed E-state index contributed by atoms with van der Waals surface area (Å²) < 4.78 is 45.6. The molecule has 14 nitrogen and oxygen atoms in total. The molecule has 3 amide bonds. The van der Waals surface area contributed by atoms with Crippen molar-refractivity contribution in [2.24, 2.45) is 4.99 Å². The number of amidine groups is 1. The van der Waals surface area contributed by atoms with Gasteiger partial charge in [0.25, 0.3) is 0 Å². The SMILES string of the molecule is CC(=NC[C@H](O)c1cc([C@@H]2CC[C@@H]3CN2C(=O)N3OS(=O)(=O)O)no1)NC(=O)OC(C)(C)C. The van der Waals surface area contributed by atoms with Crippen molar-refractivity contribution >= 4 is 28.4 Å². The summed E-state index contributed by atoms with van der Waals surface area (Å²) in [5, 5.41) is 17.4. The van der Waals surface area contributed by atoms with Gasteiger partial charge in [-0.2, -0.15) is 13.5 Å². The molecule has 1 aromatic heterocycles. The third-order valence-corrected chi connectivity index (χ3v) is 5.25. The number of aliphatic hydroxyl groups excluding tert-OH is 1. The van der Waals surface area contributed by atoms with Gasteiger partial charge in [-0.05, 0) is 40.5 Å². The van der Waals surface area contributed by atoms with E-state index in [0.717, 1.165) is 0 Å². The molecule has 2 bridgehead atoms. The molecule has 3 N–H and O–H groups in total. The second kappa shape index (κ2) is 9.24. The summed E-state index contributed by atoms with van der Waals surface area (Å²) in [5.41, 5.74) is -0.289. The molecular weight excluding hydrogens is 462 g/mol. The highest BCUT2D eigenvalue weighted by atomic mass is 32.3. The van der Waals surface area contributed by atoms with Crippen LogP contribution in [0.4, 0.5) is 9.59 Å². The Kier molecular flexibility index (Phi) is 6.97. The number of hydroxylamine groups is 2. The Morgan fingerprint density at radius 3 is 2.76 bits per heavy atom. The van der Waals surface area contributed by atoms with Crippen molar-refractivity contribution in [3.05, 3.63) is 17.5 Å². The van der Waals surface area contributed by atoms with E-state index in [1.165, 1.54) is 11.0 Å². The fourth-order valence-corrected chi connectivity index (χ4v) is 3.95. The first-order valence-corrected chi connectivity index (χ1v) is 11.5. The van der Waals surface area contributed by atoms with Gasteiger partial charge in [0.1, 0.15) is 23.2 Å². The van der Waals surface area contributed by atoms with Crippen LogP contribution in [0.25, 0.3) is 0 Å². The predicted octanol–water partition coefficient (Wildman–Crippen LogP) is 1.33. The Hall–Kier alpha value is -2.75. The lowest BCUT2D eigenvalue weighted by molar-refractivity contribution is -0.0317. The molecule has 3 atom stereocenters. The number of ether oxygens (including phenoxy) is 1. The summed E-state index contributed by atoms with van der Waals surface area (Å²) in [5.74, 6) is 0.349. The Balaban J connectivity index is 1.61. The third kappa shape index (κ3) is 6.40. The van der Waals surface area contributed by atoms with Crippen molar-refractivity contribution in [2.75, 3.05) is 13.1 Å². The van der Waals surface area contributed by atoms with E-state index in [-0.39, 0.29) is 24.7 Å². The smallest absolute Gasteiger partial charge is 0.418 e. The first kappa shape index (κ1) is 24.9. The van der Waals surface area contributed by atoms with Gasteiger partial charge in [-0.15, -0.1) is 4.28 Å². The van der Waals surface area contributed by atoms with E-state index < -0.39 is 46.3 Å². The topological polar surface area (TPSA) is 184 Å². The second-order valence-electron chi connectivity index (χ2n) is 8.73. The van der Waals surface area contributed by atoms with Crippen LogP contribution in [-0.2, 0) is 19.4 Å². The summed E-state index contributed by atoms with van der Waals surface area (Å²) in [4.78, 5) is 29.7. The number of nitrogens with one attached hydrogen (secondary N) is 1. The first-order valence-electron chi connectivity index (χ1n) is 10.2. The summed E-state index contributed by atoms with van der Waals surface area (Å²) in [6, 6.07) is -0.282. The van der Waals surface area contributed by atoms with Crippen LogP contribution >= 0.6 is 0 Å². The fourth-order valence-electron chi connectivity index (χ4n) is 3.56. The van der Waals surface area contributed by atoms with Gasteiger partial charge in [0, 0.05) is 12.6 Å². The number of fused-ring (bicyclic) bond motifs is 2. The Labute approximate surface area is 190 Å². The number of hydrogen-bond donors (Lipinski definition) is 3. The van der Waals surface area contributed by atoms with Crippen molar-refractivity contribution in [2.45, 2.75) is 64.3 Å². The quantitative estimate of drug-likeness (QED) is 0.299. The van der Waals surface area contributed by atoms with Crippen LogP contribution in [0.5, 0.6) is 0 Å². The molecule has 2 fully saturated rings. The molecule has 184 valence electrons. The van der Waals surface area contributed by atoms with Crippen LogP contribution in [0.15, 0.2) is 15.6 Å². The molecule has 3 rings (SSSR count). The summed E-state index contributed by atoms with van der Waals surface area (Å²) in [7, 11) is -4.83. The number of hydrogen-bond acceptors (Lipinski definition) is 10. The van der Waals surface area contributed by atoms with Crippen molar-refractivity contribution in [3.63, 3.8) is 0 Å². The van der Waals surface area contributed by atoms with E-state index in [1.807, 2.05) is 0 Å². The van der Waals surface area contributed by atoms with Crippen LogP contribution in [-0.4, -0.2) is 75.9 Å². The molecule has 1 aromatic rings. The highest BCUT2D eigenvalue weighted by Gasteiger charge is 2.48. The number of nitrogens with zero attached hydrogens (tertiary/aromatic N) is 4. The number of alkyl carbamates (subject to hydrolysis) is 1. The minimum absolute atomic E-state index is 0.110. The van der Waals surface area contributed by atoms with Crippen molar-refractivity contribution < 1.29 is 41.2 Å². The summed E-state index contributed by atoms with van der Waals surface area (Å²) in [6.45, 7) is 6.79. The Morgan fingerprint density at radius 2 is 2.12 bits per heavy atom. The molecule has 2 aliphatic rings. The number of carbonyl (C=O) groups is 2. The van der Waals surface area contributed by atoms with Gasteiger partial charge in [0.2, 0.25) is 0 Å². The maximum atomic E-state index is 12.5. The molecule has 33 heavy (non-hydrogen) atoms. The molecule has 3 heterocycles. The van der Waals surface area contributed by atoms with Gasteiger partial charge in [0.15, 0.2) is 5.76 Å². The average Bonchev–Trinajstić information content (AvgIpc) is 3.24. The van der Waals surface area contributed by atoms with Gasteiger partial charge < -0.3 is 19.3 Å². The van der Waals surface area contributed by atoms with E-state index in [2.05, 4.69) is 19.7 Å². The zero-order valence-electron chi connectivity index (χ0n) is 18.6. The molecule has 0 aromatic carbocycles. The Morgan fingerprint density at radius 1 is 1.42 bits per heavy atom. The van der Waals surface area contributed by atoms with Crippen LogP contribution in [0.3, 0.4) is 0 Å². The number of urea groups is 1. The van der Waals surface area contributed by atoms with E-state index in [4.69, 9.17) is 13.8 Å². The molecule has 2 saturated heterocycles. The largest absolute Gasteiger partial charge is 0.444 e. The zero-order chi connectivity index (χ0) is 24.6. The molecule has 0 aliphatic carbocycles. The highest BCUT2D eigenvalue weighted by molar-refractivity contribution is 7.80. The van der Waals surface area contributed by atoms with Crippen molar-refractivity contribution in [3.8, 4) is 0 Å². The lowest BCUT2D eigenvalue weighted by Crippen LogP contribution is -2.35. The monoisotopic (exact) mass is 489 g/mol. The van der Waals surface area contributed by atoms with Gasteiger partial charge in [0.05, 0.1) is 18.6 Å². The number of aromatic nitrogens is 1. The molecule has 0 unspecified atom stereocenters. The van der Waals surface area contributed by atoms with Crippen LogP contribution in [0, 0.1) is 0 Å². The van der Waals surface area contributed by atoms with Gasteiger partial charge in [-0.3, -0.25) is 14.9 Å². The first-order chi connectivity index (χ1) is 15.2. The number of carbonyl (C=O) groups excluding carboxylic acids is 2. The maximum Gasteiger partial charge on any atom is 0.418 e. The number of amides is 3. The van der Waals surface area contributed by atoms with E-state index in [1.54, 1.807) is 27.7 Å². The molecule has 15 heteroatoms. The third-order valence-electron chi connectivity index (χ3n) is 4.90. The number of rotatable bonds is 6. The minimum atomic E-state index is -4.83. The van der Waals surface area contributed by atoms with Gasteiger partial charge in [-0.25, -0.2) is 9.59 Å². The van der Waals surface area contributed by atoms with Gasteiger partial charge >= 0.3 is 22.5 Å². The molecule has 0 radical (unpaired) electrons. The van der Waals surface area contributed by atoms with E-state index in [9.17, 15) is 23.1 Å². The molecule has 0 saturated carbocycles. The van der Waals surface area contributed by atoms with Crippen LogP contribution < -0.4 is 5.32 Å². The van der Waals surface area contributed by atoms with Crippen LogP contribution in [0.1, 0.15) is 64.1 Å². The predicted molar refractivity (Wildman–Crippen MR) is 111 cm³/mol. The van der Waals surface area contributed by atoms with E-state index >= 15 is 0 Å². The summed E-state index contributed by atoms with van der Waals surface area (Å²) >= 11 is 0. The average molecular weight is 490 g/mol. The van der Waals surface area contributed by atoms with Crippen LogP contribution in [0.2, 0.25) is 0 Å². The number of piperidine rings is 1. The van der Waals surface area contributed by atoms with Gasteiger partial charge in [-0.1, -0.05) is 5.16 Å². The van der Waals surface area contributed by atoms with Crippen molar-refractivity contribution in [1.29, 1.82) is 0 Å². The number of aliphatic imine (C=N–C) groups is 1. The molecule has 0 spiro atoms. The normalized spacial score (nSPS) is 22.5. The maximum absolute atomic E-state index is 12.5.